The zero-order chi connectivity index (χ0) is 14.5. The van der Waals surface area contributed by atoms with Crippen LogP contribution in [0.3, 0.4) is 0 Å². The van der Waals surface area contributed by atoms with Crippen LogP contribution in [0.5, 0.6) is 11.6 Å². The SMILES string of the molecule is CCc1nc(C)ccc1Oc1cc(N)nc(COC)n1. The van der Waals surface area contributed by atoms with Gasteiger partial charge in [0.2, 0.25) is 5.88 Å². The number of pyridine rings is 1. The molecule has 0 aliphatic rings. The summed E-state index contributed by atoms with van der Waals surface area (Å²) in [6.07, 6.45) is 0.780. The smallest absolute Gasteiger partial charge is 0.224 e. The maximum atomic E-state index is 5.77. The molecule has 0 aromatic carbocycles. The molecule has 2 heterocycles. The average molecular weight is 274 g/mol. The third kappa shape index (κ3) is 3.42. The molecule has 2 aromatic heterocycles. The van der Waals surface area contributed by atoms with Crippen LogP contribution in [0.15, 0.2) is 18.2 Å². The number of nitrogens with two attached hydrogens (primary N) is 1. The predicted molar refractivity (Wildman–Crippen MR) is 75.6 cm³/mol. The highest BCUT2D eigenvalue weighted by Gasteiger charge is 2.09. The van der Waals surface area contributed by atoms with Crippen LogP contribution in [-0.2, 0) is 17.8 Å². The van der Waals surface area contributed by atoms with Gasteiger partial charge in [-0.1, -0.05) is 6.92 Å². The lowest BCUT2D eigenvalue weighted by Crippen LogP contribution is -2.03. The molecule has 0 amide bonds. The Hall–Kier alpha value is -2.21. The molecular formula is C14H18N4O2. The second-order valence-corrected chi connectivity index (χ2v) is 4.33. The highest BCUT2D eigenvalue weighted by molar-refractivity contribution is 5.37. The summed E-state index contributed by atoms with van der Waals surface area (Å²) in [6.45, 7) is 4.26. The summed E-state index contributed by atoms with van der Waals surface area (Å²) < 4.78 is 10.8. The van der Waals surface area contributed by atoms with Crippen LogP contribution < -0.4 is 10.5 Å². The molecule has 2 aromatic rings. The van der Waals surface area contributed by atoms with Crippen molar-refractivity contribution in [1.29, 1.82) is 0 Å². The van der Waals surface area contributed by atoms with Gasteiger partial charge in [-0.15, -0.1) is 0 Å². The number of rotatable bonds is 5. The van der Waals surface area contributed by atoms with E-state index in [1.54, 1.807) is 13.2 Å². The van der Waals surface area contributed by atoms with Crippen LogP contribution in [0.1, 0.15) is 24.1 Å². The Morgan fingerprint density at radius 2 is 2.00 bits per heavy atom. The van der Waals surface area contributed by atoms with Crippen LogP contribution in [0.4, 0.5) is 5.82 Å². The van der Waals surface area contributed by atoms with Gasteiger partial charge in [-0.25, -0.2) is 4.98 Å². The number of ether oxygens (including phenoxy) is 2. The summed E-state index contributed by atoms with van der Waals surface area (Å²) in [5, 5.41) is 0. The van der Waals surface area contributed by atoms with Gasteiger partial charge in [-0.05, 0) is 25.5 Å². The molecule has 0 saturated carbocycles. The van der Waals surface area contributed by atoms with E-state index in [0.29, 0.717) is 23.3 Å². The van der Waals surface area contributed by atoms with Crippen molar-refractivity contribution in [1.82, 2.24) is 15.0 Å². The molecule has 0 saturated heterocycles. The fourth-order valence-corrected chi connectivity index (χ4v) is 1.79. The van der Waals surface area contributed by atoms with Crippen molar-refractivity contribution in [3.05, 3.63) is 35.4 Å². The highest BCUT2D eigenvalue weighted by atomic mass is 16.5. The van der Waals surface area contributed by atoms with Gasteiger partial charge in [-0.2, -0.15) is 4.98 Å². The third-order valence-electron chi connectivity index (χ3n) is 2.66. The van der Waals surface area contributed by atoms with Crippen molar-refractivity contribution in [2.75, 3.05) is 12.8 Å². The third-order valence-corrected chi connectivity index (χ3v) is 2.66. The standard InChI is InChI=1S/C14H18N4O2/c1-4-10-11(6-5-9(2)16-10)20-14-7-12(15)17-13(18-14)8-19-3/h5-7H,4,8H2,1-3H3,(H2,15,17,18). The summed E-state index contributed by atoms with van der Waals surface area (Å²) in [4.78, 5) is 12.8. The van der Waals surface area contributed by atoms with E-state index in [1.165, 1.54) is 0 Å². The summed E-state index contributed by atoms with van der Waals surface area (Å²) in [6, 6.07) is 5.36. The molecule has 20 heavy (non-hydrogen) atoms. The molecule has 0 bridgehead atoms. The quantitative estimate of drug-likeness (QED) is 0.900. The number of methoxy groups -OCH3 is 1. The zero-order valence-electron chi connectivity index (χ0n) is 11.9. The molecule has 0 unspecified atom stereocenters. The molecule has 0 spiro atoms. The number of nitrogen functional groups attached to an aromatic ring is 1. The number of aromatic nitrogens is 3. The average Bonchev–Trinajstić information content (AvgIpc) is 2.40. The minimum atomic E-state index is 0.286. The molecule has 0 aliphatic carbocycles. The summed E-state index contributed by atoms with van der Waals surface area (Å²) >= 11 is 0. The van der Waals surface area contributed by atoms with Gasteiger partial charge in [0.15, 0.2) is 11.6 Å². The number of nitrogens with zero attached hydrogens (tertiary/aromatic N) is 3. The Morgan fingerprint density at radius 3 is 2.70 bits per heavy atom. The van der Waals surface area contributed by atoms with Crippen molar-refractivity contribution >= 4 is 5.82 Å². The molecule has 106 valence electrons. The first-order chi connectivity index (χ1) is 9.62. The predicted octanol–water partition coefficient (Wildman–Crippen LogP) is 2.26. The molecule has 2 rings (SSSR count). The largest absolute Gasteiger partial charge is 0.437 e. The van der Waals surface area contributed by atoms with E-state index in [0.717, 1.165) is 17.8 Å². The van der Waals surface area contributed by atoms with E-state index in [2.05, 4.69) is 15.0 Å². The molecule has 6 heteroatoms. The first-order valence-corrected chi connectivity index (χ1v) is 6.39. The molecule has 0 aliphatic heterocycles. The molecule has 0 atom stereocenters. The van der Waals surface area contributed by atoms with Gasteiger partial charge in [0.05, 0.1) is 5.69 Å². The lowest BCUT2D eigenvalue weighted by atomic mass is 10.2. The molecule has 2 N–H and O–H groups in total. The van der Waals surface area contributed by atoms with Gasteiger partial charge in [-0.3, -0.25) is 4.98 Å². The van der Waals surface area contributed by atoms with Crippen LogP contribution in [0.25, 0.3) is 0 Å². The minimum absolute atomic E-state index is 0.286. The molecular weight excluding hydrogens is 256 g/mol. The zero-order valence-corrected chi connectivity index (χ0v) is 11.9. The van der Waals surface area contributed by atoms with E-state index in [1.807, 2.05) is 26.0 Å². The van der Waals surface area contributed by atoms with Crippen molar-refractivity contribution in [2.45, 2.75) is 26.9 Å². The van der Waals surface area contributed by atoms with Crippen molar-refractivity contribution in [2.24, 2.45) is 0 Å². The fourth-order valence-electron chi connectivity index (χ4n) is 1.79. The van der Waals surface area contributed by atoms with E-state index in [9.17, 15) is 0 Å². The van der Waals surface area contributed by atoms with Crippen LogP contribution in [0, 0.1) is 6.92 Å². The van der Waals surface area contributed by atoms with E-state index < -0.39 is 0 Å². The van der Waals surface area contributed by atoms with Crippen molar-refractivity contribution in [3.63, 3.8) is 0 Å². The number of aryl methyl sites for hydroxylation is 2. The van der Waals surface area contributed by atoms with Gasteiger partial charge < -0.3 is 15.2 Å². The molecule has 0 fully saturated rings. The Morgan fingerprint density at radius 1 is 1.20 bits per heavy atom. The number of hydrogen-bond donors (Lipinski definition) is 1. The molecule has 6 nitrogen and oxygen atoms in total. The Labute approximate surface area is 118 Å². The van der Waals surface area contributed by atoms with Crippen molar-refractivity contribution < 1.29 is 9.47 Å². The Bertz CT molecular complexity index is 602. The minimum Gasteiger partial charge on any atom is -0.437 e. The van der Waals surface area contributed by atoms with Crippen LogP contribution in [0.2, 0.25) is 0 Å². The molecule has 0 radical (unpaired) electrons. The van der Waals surface area contributed by atoms with Gasteiger partial charge >= 0.3 is 0 Å². The summed E-state index contributed by atoms with van der Waals surface area (Å²) in [5.74, 6) is 1.91. The Kier molecular flexibility index (Phi) is 4.47. The first kappa shape index (κ1) is 14.2. The monoisotopic (exact) mass is 274 g/mol. The maximum absolute atomic E-state index is 5.77. The number of hydrogen-bond acceptors (Lipinski definition) is 6. The van der Waals surface area contributed by atoms with E-state index >= 15 is 0 Å². The summed E-state index contributed by atoms with van der Waals surface area (Å²) in [5.41, 5.74) is 7.58. The highest BCUT2D eigenvalue weighted by Crippen LogP contribution is 2.24. The number of anilines is 1. The van der Waals surface area contributed by atoms with Crippen LogP contribution in [-0.4, -0.2) is 22.1 Å². The fraction of sp³-hybridized carbons (Fsp3) is 0.357. The lowest BCUT2D eigenvalue weighted by molar-refractivity contribution is 0.177. The Balaban J connectivity index is 2.29. The van der Waals surface area contributed by atoms with Gasteiger partial charge in [0.1, 0.15) is 12.4 Å². The van der Waals surface area contributed by atoms with Crippen molar-refractivity contribution in [3.8, 4) is 11.6 Å². The van der Waals surface area contributed by atoms with Gasteiger partial charge in [0, 0.05) is 18.9 Å². The maximum Gasteiger partial charge on any atom is 0.224 e. The van der Waals surface area contributed by atoms with E-state index in [4.69, 9.17) is 15.2 Å². The van der Waals surface area contributed by atoms with Gasteiger partial charge in [0.25, 0.3) is 0 Å². The first-order valence-electron chi connectivity index (χ1n) is 6.39. The second-order valence-electron chi connectivity index (χ2n) is 4.33. The summed E-state index contributed by atoms with van der Waals surface area (Å²) in [7, 11) is 1.58. The van der Waals surface area contributed by atoms with Crippen LogP contribution >= 0.6 is 0 Å². The normalized spacial score (nSPS) is 10.6. The van der Waals surface area contributed by atoms with E-state index in [-0.39, 0.29) is 6.61 Å². The second kappa shape index (κ2) is 6.29. The topological polar surface area (TPSA) is 83.2 Å². The lowest BCUT2D eigenvalue weighted by Gasteiger charge is -2.10.